The third-order valence-corrected chi connectivity index (χ3v) is 7.71. The van der Waals surface area contributed by atoms with Gasteiger partial charge in [-0.15, -0.1) is 5.10 Å². The molecule has 8 nitrogen and oxygen atoms in total. The fourth-order valence-electron chi connectivity index (χ4n) is 5.00. The molecule has 2 N–H and O–H groups in total. The van der Waals surface area contributed by atoms with Crippen LogP contribution in [-0.2, 0) is 4.74 Å². The molecule has 0 unspecified atom stereocenters. The predicted molar refractivity (Wildman–Crippen MR) is 148 cm³/mol. The number of hydrogen-bond acceptors (Lipinski definition) is 7. The summed E-state index contributed by atoms with van der Waals surface area (Å²) in [6.07, 6.45) is 6.11. The summed E-state index contributed by atoms with van der Waals surface area (Å²) in [4.78, 5) is 4.47. The van der Waals surface area contributed by atoms with Crippen molar-refractivity contribution in [1.82, 2.24) is 20.0 Å². The lowest BCUT2D eigenvalue weighted by Gasteiger charge is -2.39. The fourth-order valence-corrected chi connectivity index (χ4v) is 5.26. The van der Waals surface area contributed by atoms with Gasteiger partial charge in [0, 0.05) is 35.3 Å². The Morgan fingerprint density at radius 1 is 1.26 bits per heavy atom. The van der Waals surface area contributed by atoms with Crippen molar-refractivity contribution in [2.45, 2.75) is 51.2 Å². The van der Waals surface area contributed by atoms with Crippen LogP contribution in [0.2, 0.25) is 5.02 Å². The molecule has 200 valence electrons. The Kier molecular flexibility index (Phi) is 6.30. The van der Waals surface area contributed by atoms with Gasteiger partial charge in [0.2, 0.25) is 0 Å². The zero-order chi connectivity index (χ0) is 28.1. The van der Waals surface area contributed by atoms with Crippen LogP contribution in [0.25, 0.3) is 10.9 Å². The monoisotopic (exact) mass is 546 g/mol. The van der Waals surface area contributed by atoms with E-state index in [0.717, 1.165) is 19.3 Å². The van der Waals surface area contributed by atoms with Crippen LogP contribution in [0.3, 0.4) is 0 Å². The third kappa shape index (κ3) is 5.14. The molecule has 1 saturated carbocycles. The van der Waals surface area contributed by atoms with Gasteiger partial charge in [0.1, 0.15) is 17.6 Å². The van der Waals surface area contributed by atoms with Crippen LogP contribution in [0, 0.1) is 22.6 Å². The molecule has 0 spiro atoms. The lowest BCUT2D eigenvalue weighted by Crippen LogP contribution is -2.44. The van der Waals surface area contributed by atoms with Gasteiger partial charge in [-0.2, -0.15) is 5.26 Å². The van der Waals surface area contributed by atoms with Crippen molar-refractivity contribution in [3.05, 3.63) is 76.5 Å². The lowest BCUT2D eigenvalue weighted by molar-refractivity contribution is 0.00350. The molecule has 2 fully saturated rings. The molecule has 2 aliphatic rings. The summed E-state index contributed by atoms with van der Waals surface area (Å²) in [5.74, 6) is -0.400. The maximum Gasteiger partial charge on any atom is 0.123 e. The minimum Gasteiger partial charge on any atom is -0.381 e. The molecule has 1 saturated heterocycles. The van der Waals surface area contributed by atoms with E-state index in [9.17, 15) is 11.0 Å². The Morgan fingerprint density at radius 3 is 2.77 bits per heavy atom. The fraction of sp³-hybridized carbons (Fsp3) is 0.379. The first-order valence-electron chi connectivity index (χ1n) is 13.5. The Hall–Kier alpha value is -3.74. The topological polar surface area (TPSA) is 101 Å². The van der Waals surface area contributed by atoms with Gasteiger partial charge < -0.3 is 15.4 Å². The molecule has 0 bridgehead atoms. The van der Waals surface area contributed by atoms with Crippen LogP contribution >= 0.6 is 11.6 Å². The number of nitrogens with one attached hydrogen (secondary N) is 2. The number of halogens is 2. The number of anilines is 2. The number of pyridine rings is 1. The van der Waals surface area contributed by atoms with E-state index in [4.69, 9.17) is 16.3 Å². The number of nitrogens with zero attached hydrogens (tertiary/aromatic N) is 5. The van der Waals surface area contributed by atoms with Crippen molar-refractivity contribution in [3.8, 4) is 6.07 Å². The SMILES string of the molecule is [2H][C@](Nc1cc(Cl)c2ncc(C#N)c(N[C@@H]3CCOCC3(C)C)c2c1)(c1ccc(F)cc1)c1cn(C2CC2)nn1. The minimum absolute atomic E-state index is 0.0567. The molecule has 1 aliphatic carbocycles. The Bertz CT molecular complexity index is 1620. The van der Waals surface area contributed by atoms with E-state index in [-0.39, 0.29) is 17.5 Å². The molecule has 0 amide bonds. The maximum absolute atomic E-state index is 13.8. The lowest BCUT2D eigenvalue weighted by atomic mass is 9.81. The minimum atomic E-state index is -1.60. The molecule has 2 aromatic heterocycles. The molecule has 0 radical (unpaired) electrons. The Labute approximate surface area is 232 Å². The van der Waals surface area contributed by atoms with Gasteiger partial charge in [0.25, 0.3) is 0 Å². The van der Waals surface area contributed by atoms with Gasteiger partial charge in [0.15, 0.2) is 0 Å². The number of aromatic nitrogens is 4. The second-order valence-corrected chi connectivity index (χ2v) is 11.3. The van der Waals surface area contributed by atoms with E-state index < -0.39 is 11.8 Å². The number of ether oxygens (including phenoxy) is 1. The Balaban J connectivity index is 1.45. The second kappa shape index (κ2) is 10.1. The highest BCUT2D eigenvalue weighted by Crippen LogP contribution is 2.39. The zero-order valence-electron chi connectivity index (χ0n) is 22.7. The van der Waals surface area contributed by atoms with Crippen LogP contribution in [0.4, 0.5) is 15.8 Å². The number of hydrogen-bond donors (Lipinski definition) is 2. The molecular weight excluding hydrogens is 517 g/mol. The zero-order valence-corrected chi connectivity index (χ0v) is 22.5. The van der Waals surface area contributed by atoms with Crippen molar-refractivity contribution < 1.29 is 10.5 Å². The molecular formula is C29H29ClFN7O. The standard InChI is InChI=1S/C29H29ClFN7O/c1-29(2)16-39-10-9-25(29)35-26-18(13-32)14-33-28-22(26)11-20(12-23(28)30)34-27(17-3-5-19(31)6-4-17)24-15-38(37-36-24)21-7-8-21/h3-6,11-12,14-15,21,25,27,34H,7-10,16H2,1-2H3,(H,33,35)/t25-,27+/m1/s1/i27D. The van der Waals surface area contributed by atoms with Gasteiger partial charge in [-0.3, -0.25) is 4.98 Å². The molecule has 2 atom stereocenters. The van der Waals surface area contributed by atoms with E-state index in [1.165, 1.54) is 18.3 Å². The van der Waals surface area contributed by atoms with Gasteiger partial charge >= 0.3 is 0 Å². The van der Waals surface area contributed by atoms with Crippen molar-refractivity contribution in [2.24, 2.45) is 5.41 Å². The highest BCUT2D eigenvalue weighted by Gasteiger charge is 2.34. The van der Waals surface area contributed by atoms with Crippen LogP contribution in [0.15, 0.2) is 48.8 Å². The first kappa shape index (κ1) is 24.3. The highest BCUT2D eigenvalue weighted by atomic mass is 35.5. The van der Waals surface area contributed by atoms with Crippen molar-refractivity contribution >= 4 is 33.9 Å². The maximum atomic E-state index is 13.8. The summed E-state index contributed by atoms with van der Waals surface area (Å²) in [6.45, 7) is 5.49. The molecule has 6 rings (SSSR count). The van der Waals surface area contributed by atoms with Crippen LogP contribution in [0.5, 0.6) is 0 Å². The molecule has 3 heterocycles. The molecule has 1 aliphatic heterocycles. The van der Waals surface area contributed by atoms with Gasteiger partial charge in [0.05, 0.1) is 48.0 Å². The molecule has 10 heteroatoms. The number of rotatable bonds is 7. The molecule has 2 aromatic carbocycles. The third-order valence-electron chi connectivity index (χ3n) is 7.42. The van der Waals surface area contributed by atoms with Gasteiger partial charge in [-0.25, -0.2) is 9.07 Å². The average molecular weight is 547 g/mol. The van der Waals surface area contributed by atoms with Gasteiger partial charge in [-0.1, -0.05) is 42.8 Å². The van der Waals surface area contributed by atoms with Crippen LogP contribution < -0.4 is 10.6 Å². The Morgan fingerprint density at radius 2 is 2.05 bits per heavy atom. The highest BCUT2D eigenvalue weighted by molar-refractivity contribution is 6.35. The van der Waals surface area contributed by atoms with Crippen LogP contribution in [0.1, 0.15) is 63.4 Å². The number of benzene rings is 2. The first-order chi connectivity index (χ1) is 19.2. The van der Waals surface area contributed by atoms with Crippen molar-refractivity contribution in [2.75, 3.05) is 23.8 Å². The molecule has 39 heavy (non-hydrogen) atoms. The summed E-state index contributed by atoms with van der Waals surface area (Å²) < 4.78 is 30.9. The van der Waals surface area contributed by atoms with E-state index >= 15 is 0 Å². The van der Waals surface area contributed by atoms with Crippen molar-refractivity contribution in [1.29, 1.82) is 5.26 Å². The summed E-state index contributed by atoms with van der Waals surface area (Å²) in [5, 5.41) is 26.4. The summed E-state index contributed by atoms with van der Waals surface area (Å²) in [7, 11) is 0. The van der Waals surface area contributed by atoms with E-state index in [0.29, 0.717) is 57.3 Å². The smallest absolute Gasteiger partial charge is 0.123 e. The first-order valence-corrected chi connectivity index (χ1v) is 13.4. The van der Waals surface area contributed by atoms with Gasteiger partial charge in [-0.05, 0) is 49.1 Å². The van der Waals surface area contributed by atoms with Crippen LogP contribution in [-0.4, -0.2) is 39.2 Å². The number of fused-ring (bicyclic) bond motifs is 1. The normalized spacial score (nSPS) is 20.6. The summed E-state index contributed by atoms with van der Waals surface area (Å²) in [5.41, 5.74) is 2.78. The molecule has 4 aromatic rings. The van der Waals surface area contributed by atoms with E-state index in [2.05, 4.69) is 45.8 Å². The largest absolute Gasteiger partial charge is 0.381 e. The second-order valence-electron chi connectivity index (χ2n) is 10.9. The number of nitriles is 1. The summed E-state index contributed by atoms with van der Waals surface area (Å²) >= 11 is 6.75. The average Bonchev–Trinajstić information content (AvgIpc) is 3.65. The summed E-state index contributed by atoms with van der Waals surface area (Å²) in [6, 6.07) is 10.3. The van der Waals surface area contributed by atoms with E-state index in [1.807, 2.05) is 6.07 Å². The van der Waals surface area contributed by atoms with E-state index in [1.54, 1.807) is 29.1 Å². The predicted octanol–water partition coefficient (Wildman–Crippen LogP) is 6.25. The quantitative estimate of drug-likeness (QED) is 0.282. The van der Waals surface area contributed by atoms with Crippen molar-refractivity contribution in [3.63, 3.8) is 0 Å².